The number of carbonyl (C=O) groups is 2. The highest BCUT2D eigenvalue weighted by molar-refractivity contribution is 5.74. The first kappa shape index (κ1) is 12.7. The Hall–Kier alpha value is -1.34. The van der Waals surface area contributed by atoms with Crippen LogP contribution < -0.4 is 21.9 Å². The van der Waals surface area contributed by atoms with E-state index in [2.05, 4.69) is 16.2 Å². The van der Waals surface area contributed by atoms with Gasteiger partial charge in [-0.3, -0.25) is 10.2 Å². The van der Waals surface area contributed by atoms with Crippen LogP contribution in [-0.4, -0.2) is 35.7 Å². The van der Waals surface area contributed by atoms with E-state index < -0.39 is 12.0 Å². The molecule has 0 spiro atoms. The molecule has 0 radical (unpaired) electrons. The summed E-state index contributed by atoms with van der Waals surface area (Å²) in [4.78, 5) is 21.5. The van der Waals surface area contributed by atoms with Crippen molar-refractivity contribution in [3.8, 4) is 0 Å². The molecule has 2 amide bonds. The molecule has 1 aliphatic carbocycles. The van der Waals surface area contributed by atoms with Crippen LogP contribution in [0.1, 0.15) is 25.7 Å². The van der Waals surface area contributed by atoms with Crippen LogP contribution in [0.4, 0.5) is 4.79 Å². The SMILES string of the molecule is N[C@@H](CCCNNC(=O)NC1CC1)C(=O)O. The minimum Gasteiger partial charge on any atom is -0.480 e. The van der Waals surface area contributed by atoms with E-state index in [1.54, 1.807) is 0 Å². The Morgan fingerprint density at radius 2 is 2.12 bits per heavy atom. The highest BCUT2D eigenvalue weighted by atomic mass is 16.4. The lowest BCUT2D eigenvalue weighted by Crippen LogP contribution is -2.45. The van der Waals surface area contributed by atoms with Crippen LogP contribution in [-0.2, 0) is 4.79 Å². The molecule has 0 aromatic carbocycles. The number of amides is 2. The maximum absolute atomic E-state index is 11.1. The van der Waals surface area contributed by atoms with Gasteiger partial charge in [-0.2, -0.15) is 0 Å². The molecule has 0 saturated heterocycles. The summed E-state index contributed by atoms with van der Waals surface area (Å²) < 4.78 is 0. The quantitative estimate of drug-likeness (QED) is 0.288. The van der Waals surface area contributed by atoms with Crippen molar-refractivity contribution in [3.63, 3.8) is 0 Å². The molecule has 0 aliphatic heterocycles. The van der Waals surface area contributed by atoms with Gasteiger partial charge in [-0.15, -0.1) is 0 Å². The van der Waals surface area contributed by atoms with Crippen molar-refractivity contribution in [1.29, 1.82) is 0 Å². The van der Waals surface area contributed by atoms with Crippen LogP contribution in [0.5, 0.6) is 0 Å². The lowest BCUT2D eigenvalue weighted by Gasteiger charge is -2.09. The van der Waals surface area contributed by atoms with E-state index in [0.717, 1.165) is 12.8 Å². The van der Waals surface area contributed by atoms with Crippen LogP contribution in [0.3, 0.4) is 0 Å². The second kappa shape index (κ2) is 6.29. The number of carboxylic acids is 1. The maximum atomic E-state index is 11.1. The lowest BCUT2D eigenvalue weighted by molar-refractivity contribution is -0.138. The smallest absolute Gasteiger partial charge is 0.329 e. The van der Waals surface area contributed by atoms with Gasteiger partial charge < -0.3 is 16.2 Å². The second-order valence-corrected chi connectivity index (χ2v) is 3.89. The molecular weight excluding hydrogens is 212 g/mol. The third-order valence-corrected chi connectivity index (χ3v) is 2.25. The molecule has 92 valence electrons. The van der Waals surface area contributed by atoms with Gasteiger partial charge in [-0.1, -0.05) is 0 Å². The summed E-state index contributed by atoms with van der Waals surface area (Å²) in [5.74, 6) is -1.00. The Bertz CT molecular complexity index is 255. The molecule has 7 heteroatoms. The number of carbonyl (C=O) groups excluding carboxylic acids is 1. The highest BCUT2D eigenvalue weighted by Gasteiger charge is 2.22. The lowest BCUT2D eigenvalue weighted by atomic mass is 10.2. The van der Waals surface area contributed by atoms with Gasteiger partial charge in [-0.25, -0.2) is 10.2 Å². The Morgan fingerprint density at radius 3 is 2.69 bits per heavy atom. The number of hydrazine groups is 1. The van der Waals surface area contributed by atoms with Gasteiger partial charge in [-0.05, 0) is 25.7 Å². The highest BCUT2D eigenvalue weighted by Crippen LogP contribution is 2.17. The van der Waals surface area contributed by atoms with E-state index >= 15 is 0 Å². The molecule has 1 atom stereocenters. The van der Waals surface area contributed by atoms with Crippen molar-refractivity contribution in [3.05, 3.63) is 0 Å². The molecular formula is C9H18N4O3. The molecule has 1 rings (SSSR count). The monoisotopic (exact) mass is 230 g/mol. The molecule has 7 nitrogen and oxygen atoms in total. The molecule has 6 N–H and O–H groups in total. The number of hydrogen-bond donors (Lipinski definition) is 5. The second-order valence-electron chi connectivity index (χ2n) is 3.89. The minimum absolute atomic E-state index is 0.245. The van der Waals surface area contributed by atoms with E-state index in [1.807, 2.05) is 0 Å². The fraction of sp³-hybridized carbons (Fsp3) is 0.778. The fourth-order valence-corrected chi connectivity index (χ4v) is 1.13. The number of nitrogens with one attached hydrogen (secondary N) is 3. The predicted octanol–water partition coefficient (Wildman–Crippen LogP) is -0.855. The standard InChI is InChI=1S/C9H18N4O3/c10-7(8(14)15)2-1-5-11-13-9(16)12-6-3-4-6/h6-7,11H,1-5,10H2,(H,14,15)(H2,12,13,16)/t7-/m0/s1. The molecule has 0 aromatic heterocycles. The zero-order valence-corrected chi connectivity index (χ0v) is 9.03. The molecule has 16 heavy (non-hydrogen) atoms. The molecule has 0 unspecified atom stereocenters. The van der Waals surface area contributed by atoms with Gasteiger partial charge in [0.1, 0.15) is 6.04 Å². The van der Waals surface area contributed by atoms with E-state index in [1.165, 1.54) is 0 Å². The molecule has 1 aliphatic rings. The average molecular weight is 230 g/mol. The normalized spacial score (nSPS) is 16.6. The van der Waals surface area contributed by atoms with Gasteiger partial charge in [0.15, 0.2) is 0 Å². The number of carboxylic acid groups (broad SMARTS) is 1. The Morgan fingerprint density at radius 1 is 1.44 bits per heavy atom. The van der Waals surface area contributed by atoms with E-state index in [0.29, 0.717) is 25.4 Å². The number of aliphatic carboxylic acids is 1. The van der Waals surface area contributed by atoms with Crippen LogP contribution in [0.25, 0.3) is 0 Å². The van der Waals surface area contributed by atoms with Crippen LogP contribution in [0, 0.1) is 0 Å². The molecule has 0 aromatic rings. The van der Waals surface area contributed by atoms with Gasteiger partial charge in [0.2, 0.25) is 0 Å². The first-order valence-corrected chi connectivity index (χ1v) is 5.37. The summed E-state index contributed by atoms with van der Waals surface area (Å²) in [7, 11) is 0. The summed E-state index contributed by atoms with van der Waals surface area (Å²) in [5, 5.41) is 11.2. The summed E-state index contributed by atoms with van der Waals surface area (Å²) in [6.45, 7) is 0.499. The summed E-state index contributed by atoms with van der Waals surface area (Å²) in [6.07, 6.45) is 3.06. The summed E-state index contributed by atoms with van der Waals surface area (Å²) >= 11 is 0. The van der Waals surface area contributed by atoms with Gasteiger partial charge in [0.25, 0.3) is 0 Å². The first-order valence-electron chi connectivity index (χ1n) is 5.37. The number of urea groups is 1. The zero-order valence-electron chi connectivity index (χ0n) is 9.03. The zero-order chi connectivity index (χ0) is 12.0. The van der Waals surface area contributed by atoms with Crippen molar-refractivity contribution in [2.24, 2.45) is 5.73 Å². The van der Waals surface area contributed by atoms with E-state index in [4.69, 9.17) is 10.8 Å². The summed E-state index contributed by atoms with van der Waals surface area (Å²) in [6, 6.07) is -0.755. The summed E-state index contributed by atoms with van der Waals surface area (Å²) in [5.41, 5.74) is 10.5. The van der Waals surface area contributed by atoms with Gasteiger partial charge >= 0.3 is 12.0 Å². The number of nitrogens with two attached hydrogens (primary N) is 1. The van der Waals surface area contributed by atoms with Gasteiger partial charge in [0.05, 0.1) is 0 Å². The van der Waals surface area contributed by atoms with Crippen molar-refractivity contribution >= 4 is 12.0 Å². The van der Waals surface area contributed by atoms with Crippen LogP contribution >= 0.6 is 0 Å². The van der Waals surface area contributed by atoms with Crippen LogP contribution in [0.15, 0.2) is 0 Å². The number of rotatable bonds is 7. The van der Waals surface area contributed by atoms with Gasteiger partial charge in [0, 0.05) is 12.6 Å². The van der Waals surface area contributed by atoms with Crippen LogP contribution in [0.2, 0.25) is 0 Å². The first-order chi connectivity index (χ1) is 7.59. The van der Waals surface area contributed by atoms with Crippen molar-refractivity contribution in [2.45, 2.75) is 37.8 Å². The van der Waals surface area contributed by atoms with Crippen molar-refractivity contribution in [1.82, 2.24) is 16.2 Å². The predicted molar refractivity (Wildman–Crippen MR) is 57.5 cm³/mol. The fourth-order valence-electron chi connectivity index (χ4n) is 1.13. The Labute approximate surface area is 93.7 Å². The third-order valence-electron chi connectivity index (χ3n) is 2.25. The molecule has 1 fully saturated rings. The maximum Gasteiger partial charge on any atom is 0.329 e. The van der Waals surface area contributed by atoms with Crippen molar-refractivity contribution in [2.75, 3.05) is 6.54 Å². The molecule has 0 heterocycles. The van der Waals surface area contributed by atoms with E-state index in [-0.39, 0.29) is 6.03 Å². The largest absolute Gasteiger partial charge is 0.480 e. The topological polar surface area (TPSA) is 116 Å². The molecule has 0 bridgehead atoms. The molecule has 1 saturated carbocycles. The third kappa shape index (κ3) is 5.52. The Kier molecular flexibility index (Phi) is 5.00. The number of hydrogen-bond acceptors (Lipinski definition) is 4. The average Bonchev–Trinajstić information content (AvgIpc) is 3.00. The minimum atomic E-state index is -1.00. The Balaban J connectivity index is 1.90. The van der Waals surface area contributed by atoms with E-state index in [9.17, 15) is 9.59 Å². The van der Waals surface area contributed by atoms with Crippen molar-refractivity contribution < 1.29 is 14.7 Å².